The molecule has 1 spiro atoms. The minimum absolute atomic E-state index is 0.146. The van der Waals surface area contributed by atoms with Gasteiger partial charge in [0.2, 0.25) is 17.7 Å². The molecule has 4 aliphatic heterocycles. The number of aromatic nitrogens is 3. The van der Waals surface area contributed by atoms with Crippen molar-refractivity contribution in [3.8, 4) is 39.8 Å². The number of benzene rings is 3. The summed E-state index contributed by atoms with van der Waals surface area (Å²) in [5.74, 6) is 1.82. The van der Waals surface area contributed by atoms with E-state index in [1.165, 1.54) is 0 Å². The summed E-state index contributed by atoms with van der Waals surface area (Å²) in [6.45, 7) is 10.9. The molecule has 13 heteroatoms. The van der Waals surface area contributed by atoms with Gasteiger partial charge in [-0.15, -0.1) is 0 Å². The number of hydrogen-bond acceptors (Lipinski definition) is 9. The van der Waals surface area contributed by atoms with E-state index in [4.69, 9.17) is 28.3 Å². The number of anilines is 1. The highest BCUT2D eigenvalue weighted by Crippen LogP contribution is 2.61. The molecule has 6 aromatic rings. The number of amides is 2. The predicted molar refractivity (Wildman–Crippen MR) is 205 cm³/mol. The van der Waals surface area contributed by atoms with Crippen LogP contribution in [0.4, 0.5) is 10.5 Å². The molecule has 4 N–H and O–H groups in total. The van der Waals surface area contributed by atoms with E-state index >= 15 is 0 Å². The molecule has 3 aromatic carbocycles. The molecule has 3 aromatic heterocycles. The van der Waals surface area contributed by atoms with Crippen LogP contribution in [-0.4, -0.2) is 53.9 Å². The van der Waals surface area contributed by atoms with Crippen molar-refractivity contribution in [3.05, 3.63) is 95.3 Å². The van der Waals surface area contributed by atoms with Gasteiger partial charge in [-0.2, -0.15) is 0 Å². The average Bonchev–Trinajstić information content (AvgIpc) is 3.95. The molecule has 1 unspecified atom stereocenters. The summed E-state index contributed by atoms with van der Waals surface area (Å²) >= 11 is 0. The minimum Gasteiger partial charge on any atom is -0.469 e. The van der Waals surface area contributed by atoms with Gasteiger partial charge in [0.1, 0.15) is 23.2 Å². The number of nitrogens with one attached hydrogen (secondary N) is 4. The Morgan fingerprint density at radius 2 is 1.87 bits per heavy atom. The molecule has 12 nitrogen and oxygen atoms in total. The maximum absolute atomic E-state index is 14.2. The van der Waals surface area contributed by atoms with E-state index in [1.807, 2.05) is 38.2 Å². The second-order valence-electron chi connectivity index (χ2n) is 16.3. The summed E-state index contributed by atoms with van der Waals surface area (Å²) in [5, 5.41) is 10.8. The van der Waals surface area contributed by atoms with E-state index in [1.54, 1.807) is 6.20 Å². The standard InChI is InChI=1S/C41H40N6O6Si/c1-20(2)32-38-46-34-35(53-38)41-25-10-6-9-23(22-8-7-11-27-31(22)24(18-42-27)30-19-43-37(34)51-30)33(25)47-39(41)52-29-13-12-21(16-26(29)41)17-28(36(48)45-32)44-40(49)50-14-15-54(3,4)5/h6-13,16,18-20,28,32,39,42,47H,14-15,17H2,1-5H3,(H,44,49)(H,45,48)/t28-,32+,39-,41?/m0/s1. The lowest BCUT2D eigenvalue weighted by Gasteiger charge is -2.28. The summed E-state index contributed by atoms with van der Waals surface area (Å²) in [6, 6.07) is 17.7. The van der Waals surface area contributed by atoms with E-state index in [2.05, 4.69) is 77.0 Å². The Morgan fingerprint density at radius 3 is 2.70 bits per heavy atom. The third kappa shape index (κ3) is 4.80. The van der Waals surface area contributed by atoms with Crippen LogP contribution in [0.5, 0.6) is 5.75 Å². The molecule has 0 saturated carbocycles. The first kappa shape index (κ1) is 32.8. The summed E-state index contributed by atoms with van der Waals surface area (Å²) in [5.41, 5.74) is 6.80. The largest absolute Gasteiger partial charge is 0.469 e. The Labute approximate surface area is 312 Å². The van der Waals surface area contributed by atoms with Gasteiger partial charge >= 0.3 is 6.09 Å². The smallest absolute Gasteiger partial charge is 0.407 e. The number of fused-ring (bicyclic) bond motifs is 7. The van der Waals surface area contributed by atoms with Crippen molar-refractivity contribution in [1.29, 1.82) is 0 Å². The van der Waals surface area contributed by atoms with Crippen molar-refractivity contribution in [2.24, 2.45) is 5.92 Å². The number of hydrogen-bond donors (Lipinski definition) is 4. The molecule has 7 heterocycles. The molecule has 10 rings (SSSR count). The molecule has 2 amide bonds. The number of rotatable bonds is 5. The number of H-pyrrole nitrogens is 1. The van der Waals surface area contributed by atoms with E-state index in [9.17, 15) is 9.59 Å². The van der Waals surface area contributed by atoms with Crippen molar-refractivity contribution in [2.75, 3.05) is 11.9 Å². The van der Waals surface area contributed by atoms with Gasteiger partial charge in [0.25, 0.3) is 0 Å². The molecular weight excluding hydrogens is 701 g/mol. The molecule has 0 aliphatic carbocycles. The van der Waals surface area contributed by atoms with Crippen LogP contribution in [0, 0.1) is 5.92 Å². The molecule has 4 aliphatic rings. The topological polar surface area (TPSA) is 157 Å². The Balaban J connectivity index is 1.21. The first-order valence-corrected chi connectivity index (χ1v) is 22.2. The van der Waals surface area contributed by atoms with E-state index in [0.717, 1.165) is 56.0 Å². The normalized spacial score (nSPS) is 21.7. The maximum atomic E-state index is 14.2. The van der Waals surface area contributed by atoms with Crippen LogP contribution in [-0.2, 0) is 21.4 Å². The highest BCUT2D eigenvalue weighted by atomic mass is 28.3. The lowest BCUT2D eigenvalue weighted by atomic mass is 9.72. The van der Waals surface area contributed by atoms with Gasteiger partial charge in [0, 0.05) is 59.5 Å². The van der Waals surface area contributed by atoms with Crippen LogP contribution in [0.25, 0.3) is 44.9 Å². The first-order chi connectivity index (χ1) is 26.0. The fraction of sp³-hybridized carbons (Fsp3) is 0.317. The summed E-state index contributed by atoms with van der Waals surface area (Å²) < 4.78 is 26.1. The van der Waals surface area contributed by atoms with Crippen molar-refractivity contribution in [3.63, 3.8) is 0 Å². The Bertz CT molecular complexity index is 2530. The van der Waals surface area contributed by atoms with Gasteiger partial charge < -0.3 is 39.2 Å². The highest BCUT2D eigenvalue weighted by molar-refractivity contribution is 6.76. The summed E-state index contributed by atoms with van der Waals surface area (Å²) in [7, 11) is -1.44. The number of carbonyl (C=O) groups excluding carboxylic acids is 2. The molecule has 274 valence electrons. The number of ether oxygens (including phenoxy) is 2. The van der Waals surface area contributed by atoms with Crippen LogP contribution in [0.1, 0.15) is 48.2 Å². The van der Waals surface area contributed by atoms with Gasteiger partial charge in [-0.05, 0) is 35.2 Å². The lowest BCUT2D eigenvalue weighted by Crippen LogP contribution is -2.50. The molecular formula is C41H40N6O6Si. The number of nitrogens with zero attached hydrogens (tertiary/aromatic N) is 2. The lowest BCUT2D eigenvalue weighted by molar-refractivity contribution is -0.124. The van der Waals surface area contributed by atoms with Crippen molar-refractivity contribution in [2.45, 2.75) is 69.7 Å². The second kappa shape index (κ2) is 11.6. The van der Waals surface area contributed by atoms with Crippen molar-refractivity contribution < 1.29 is 27.9 Å². The van der Waals surface area contributed by atoms with Crippen LogP contribution < -0.4 is 20.7 Å². The maximum Gasteiger partial charge on any atom is 0.407 e. The van der Waals surface area contributed by atoms with E-state index in [0.29, 0.717) is 35.5 Å². The zero-order valence-electron chi connectivity index (χ0n) is 30.6. The van der Waals surface area contributed by atoms with Crippen LogP contribution in [0.15, 0.2) is 75.8 Å². The second-order valence-corrected chi connectivity index (χ2v) is 21.9. The third-order valence-electron chi connectivity index (χ3n) is 11.2. The highest BCUT2D eigenvalue weighted by Gasteiger charge is 2.61. The summed E-state index contributed by atoms with van der Waals surface area (Å²) in [4.78, 5) is 40.8. The Kier molecular flexibility index (Phi) is 7.04. The monoisotopic (exact) mass is 740 g/mol. The number of alkyl carbamates (subject to hydrolysis) is 1. The van der Waals surface area contributed by atoms with Crippen LogP contribution in [0.3, 0.4) is 0 Å². The molecule has 0 fully saturated rings. The minimum atomic E-state index is -1.44. The fourth-order valence-electron chi connectivity index (χ4n) is 8.49. The number of oxazole rings is 2. The van der Waals surface area contributed by atoms with Crippen molar-refractivity contribution in [1.82, 2.24) is 25.6 Å². The van der Waals surface area contributed by atoms with E-state index < -0.39 is 37.9 Å². The fourth-order valence-corrected chi connectivity index (χ4v) is 9.21. The van der Waals surface area contributed by atoms with Gasteiger partial charge in [-0.25, -0.2) is 14.8 Å². The van der Waals surface area contributed by atoms with Gasteiger partial charge in [0.15, 0.2) is 23.4 Å². The Morgan fingerprint density at radius 1 is 1.04 bits per heavy atom. The molecule has 10 bridgehead atoms. The molecule has 0 radical (unpaired) electrons. The number of aromatic amines is 1. The van der Waals surface area contributed by atoms with Gasteiger partial charge in [0.05, 0.1) is 12.8 Å². The first-order valence-electron chi connectivity index (χ1n) is 18.5. The third-order valence-corrected chi connectivity index (χ3v) is 12.9. The van der Waals surface area contributed by atoms with Crippen molar-refractivity contribution >= 4 is 36.7 Å². The van der Waals surface area contributed by atoms with Gasteiger partial charge in [-0.3, -0.25) is 4.79 Å². The zero-order chi connectivity index (χ0) is 37.1. The van der Waals surface area contributed by atoms with Crippen LogP contribution in [0.2, 0.25) is 25.7 Å². The quantitative estimate of drug-likeness (QED) is 0.130. The van der Waals surface area contributed by atoms with Gasteiger partial charge in [-0.1, -0.05) is 76.0 Å². The number of para-hydroxylation sites is 1. The zero-order valence-corrected chi connectivity index (χ0v) is 31.6. The predicted octanol–water partition coefficient (Wildman–Crippen LogP) is 7.74. The molecule has 54 heavy (non-hydrogen) atoms. The van der Waals surface area contributed by atoms with Crippen LogP contribution >= 0.6 is 0 Å². The number of carbonyl (C=O) groups is 2. The molecule has 0 saturated heterocycles. The van der Waals surface area contributed by atoms with E-state index in [-0.39, 0.29) is 24.1 Å². The summed E-state index contributed by atoms with van der Waals surface area (Å²) in [6.07, 6.45) is 2.63. The molecule has 4 atom stereocenters. The SMILES string of the molecule is CC(C)[C@H]1NC(=O)[C@@H](NC(=O)OCC[Si](C)(C)C)Cc2ccc3c(c2)C24c5cccc(c5N[C@H]2O3)-c2cccc3[nH]cc(c23)-c2cnc(o2)-c2nc1oc24. The average molecular weight is 741 g/mol. The Hall–Kier alpha value is -5.82.